The third-order valence-electron chi connectivity index (χ3n) is 20.2. The third-order valence-corrected chi connectivity index (χ3v) is 21.4. The smallest absolute Gasteiger partial charge is 0.252 e. The van der Waals surface area contributed by atoms with Crippen molar-refractivity contribution in [1.82, 2.24) is 0 Å². The van der Waals surface area contributed by atoms with Crippen molar-refractivity contribution in [2.24, 2.45) is 0 Å². The molecule has 2 aliphatic carbocycles. The van der Waals surface area contributed by atoms with Crippen LogP contribution in [0, 0.1) is 13.8 Å². The monoisotopic (exact) mass is 1100 g/mol. The van der Waals surface area contributed by atoms with Crippen LogP contribution < -0.4 is 31.1 Å². The second kappa shape index (κ2) is 18.1. The van der Waals surface area contributed by atoms with Gasteiger partial charge in [-0.1, -0.05) is 188 Å². The first-order chi connectivity index (χ1) is 39.2. The summed E-state index contributed by atoms with van der Waals surface area (Å²) in [7, 11) is 0. The summed E-state index contributed by atoms with van der Waals surface area (Å²) in [4.78, 5) is 7.91. The number of anilines is 9. The molecular formula is C78H80BN3S. The lowest BCUT2D eigenvalue weighted by Crippen LogP contribution is -2.62. The van der Waals surface area contributed by atoms with Gasteiger partial charge in [-0.2, -0.15) is 0 Å². The number of fused-ring (bicyclic) bond motifs is 10. The SMILES string of the molecule is Cc1cc2c3c(c1)N(c1cccc4sc5ccccc5c14)c1cc(N(c4ccc(C(C)(C)C)cc4)c4ccc(C(C)(C)C)cc4)ccc1B3c1cc3c(cc1N2c1cc2c(cc1C)C(C)(C)CCC2(C)C)C(C)(C)c1ccccc1C3(C)C. The minimum Gasteiger partial charge on any atom is -0.311 e. The average Bonchev–Trinajstić information content (AvgIpc) is 0.965. The van der Waals surface area contributed by atoms with Crippen molar-refractivity contribution >= 4 is 106 Å². The zero-order chi connectivity index (χ0) is 58.2. The van der Waals surface area contributed by atoms with Crippen molar-refractivity contribution in [3.05, 3.63) is 225 Å². The molecule has 0 unspecified atom stereocenters. The average molecular weight is 1100 g/mol. The summed E-state index contributed by atoms with van der Waals surface area (Å²) in [5.41, 5.74) is 28.4. The Morgan fingerprint density at radius 3 is 1.51 bits per heavy atom. The fraction of sp³-hybridized carbons (Fsp3) is 0.308. The number of rotatable bonds is 5. The Morgan fingerprint density at radius 2 is 0.916 bits per heavy atom. The van der Waals surface area contributed by atoms with Gasteiger partial charge < -0.3 is 14.7 Å². The van der Waals surface area contributed by atoms with Crippen molar-refractivity contribution in [3.63, 3.8) is 0 Å². The van der Waals surface area contributed by atoms with Crippen molar-refractivity contribution in [2.45, 2.75) is 156 Å². The van der Waals surface area contributed by atoms with E-state index in [1.54, 1.807) is 0 Å². The van der Waals surface area contributed by atoms with Gasteiger partial charge in [0.15, 0.2) is 0 Å². The van der Waals surface area contributed by atoms with Crippen LogP contribution in [0.2, 0.25) is 0 Å². The Labute approximate surface area is 499 Å². The summed E-state index contributed by atoms with van der Waals surface area (Å²) in [6, 6.07) is 67.0. The van der Waals surface area contributed by atoms with Gasteiger partial charge in [0.1, 0.15) is 0 Å². The Bertz CT molecular complexity index is 4270. The van der Waals surface area contributed by atoms with Gasteiger partial charge in [0.25, 0.3) is 6.71 Å². The maximum atomic E-state index is 2.73. The molecule has 2 aliphatic heterocycles. The summed E-state index contributed by atoms with van der Waals surface area (Å²) < 4.78 is 2.60. The van der Waals surface area contributed by atoms with E-state index in [0.717, 1.165) is 23.5 Å². The van der Waals surface area contributed by atoms with Gasteiger partial charge in [0.05, 0.1) is 5.69 Å². The molecule has 9 aromatic carbocycles. The Kier molecular flexibility index (Phi) is 11.7. The highest BCUT2D eigenvalue weighted by atomic mass is 32.1. The normalized spacial score (nSPS) is 16.9. The van der Waals surface area contributed by atoms with E-state index < -0.39 is 0 Å². The molecule has 1 aromatic heterocycles. The number of thiophene rings is 1. The predicted molar refractivity (Wildman–Crippen MR) is 361 cm³/mol. The Hall–Kier alpha value is -7.34. The van der Waals surface area contributed by atoms with E-state index in [1.807, 2.05) is 11.3 Å². The molecule has 416 valence electrons. The van der Waals surface area contributed by atoms with E-state index in [4.69, 9.17) is 0 Å². The zero-order valence-electron chi connectivity index (χ0n) is 51.9. The summed E-state index contributed by atoms with van der Waals surface area (Å²) in [5.74, 6) is 0. The minimum atomic E-state index is -0.246. The van der Waals surface area contributed by atoms with E-state index in [2.05, 4.69) is 295 Å². The molecule has 83 heavy (non-hydrogen) atoms. The van der Waals surface area contributed by atoms with E-state index in [-0.39, 0.29) is 39.2 Å². The first-order valence-electron chi connectivity index (χ1n) is 30.5. The Morgan fingerprint density at radius 1 is 0.422 bits per heavy atom. The van der Waals surface area contributed by atoms with Crippen LogP contribution in [0.25, 0.3) is 20.2 Å². The van der Waals surface area contributed by atoms with Gasteiger partial charge in [-0.25, -0.2) is 0 Å². The first kappa shape index (κ1) is 53.7. The molecule has 4 aliphatic rings. The number of hydrogen-bond acceptors (Lipinski definition) is 4. The molecule has 0 fully saturated rings. The van der Waals surface area contributed by atoms with Crippen LogP contribution in [0.3, 0.4) is 0 Å². The van der Waals surface area contributed by atoms with Gasteiger partial charge in [0.2, 0.25) is 0 Å². The van der Waals surface area contributed by atoms with Crippen LogP contribution in [0.4, 0.5) is 51.2 Å². The predicted octanol–water partition coefficient (Wildman–Crippen LogP) is 20.1. The number of nitrogens with zero attached hydrogens (tertiary/aromatic N) is 3. The molecule has 3 heterocycles. The van der Waals surface area contributed by atoms with Crippen LogP contribution >= 0.6 is 11.3 Å². The second-order valence-electron chi connectivity index (χ2n) is 29.4. The van der Waals surface area contributed by atoms with E-state index in [9.17, 15) is 0 Å². The molecular weight excluding hydrogens is 1020 g/mol. The van der Waals surface area contributed by atoms with Crippen molar-refractivity contribution in [1.29, 1.82) is 0 Å². The molecule has 14 rings (SSSR count). The maximum absolute atomic E-state index is 2.73. The fourth-order valence-corrected chi connectivity index (χ4v) is 16.4. The lowest BCUT2D eigenvalue weighted by molar-refractivity contribution is 0.332. The third kappa shape index (κ3) is 8.10. The van der Waals surface area contributed by atoms with E-state index >= 15 is 0 Å². The van der Waals surface area contributed by atoms with Gasteiger partial charge >= 0.3 is 0 Å². The quantitative estimate of drug-likeness (QED) is 0.159. The first-order valence-corrected chi connectivity index (χ1v) is 31.3. The number of aryl methyl sites for hydroxylation is 2. The summed E-state index contributed by atoms with van der Waals surface area (Å²) in [5, 5.41) is 2.59. The number of benzene rings is 9. The highest BCUT2D eigenvalue weighted by Crippen LogP contribution is 2.56. The molecule has 0 atom stereocenters. The molecule has 10 aromatic rings. The second-order valence-corrected chi connectivity index (χ2v) is 30.5. The van der Waals surface area contributed by atoms with Gasteiger partial charge in [-0.05, 0) is 199 Å². The largest absolute Gasteiger partial charge is 0.311 e. The summed E-state index contributed by atoms with van der Waals surface area (Å²) >= 11 is 1.90. The standard InChI is InChI=1S/C78H80BN3S/c1-47-40-67-72-68(41-47)82(64-45-58-57(42-48(64)2)75(9,10)38-39-76(58,11)12)66-46-60-59(77(13,14)55-23-18-19-24-56(55)78(60,15)16)44-62(66)79(72)61-37-36-53(43-65(61)81(67)63-25-21-27-70-71(63)54-22-17-20-26-69(54)83-70)80(51-32-28-49(29-33-51)73(3,4)5)52-34-30-50(31-35-52)74(6,7)8/h17-37,40-46H,38-39H2,1-16H3. The molecule has 0 radical (unpaired) electrons. The summed E-state index contributed by atoms with van der Waals surface area (Å²) in [6.07, 6.45) is 2.33. The van der Waals surface area contributed by atoms with Gasteiger partial charge in [0, 0.05) is 76.5 Å². The topological polar surface area (TPSA) is 9.72 Å². The van der Waals surface area contributed by atoms with Crippen LogP contribution in [0.5, 0.6) is 0 Å². The Balaban J connectivity index is 1.10. The lowest BCUT2D eigenvalue weighted by Gasteiger charge is -2.49. The number of hydrogen-bond donors (Lipinski definition) is 0. The maximum Gasteiger partial charge on any atom is 0.252 e. The molecule has 0 saturated heterocycles. The highest BCUT2D eigenvalue weighted by molar-refractivity contribution is 7.26. The van der Waals surface area contributed by atoms with Crippen molar-refractivity contribution in [3.8, 4) is 0 Å². The fourth-order valence-electron chi connectivity index (χ4n) is 15.3. The van der Waals surface area contributed by atoms with Crippen LogP contribution in [-0.4, -0.2) is 6.71 Å². The minimum absolute atomic E-state index is 0.0207. The van der Waals surface area contributed by atoms with Crippen LogP contribution in [0.15, 0.2) is 170 Å². The molecule has 0 bridgehead atoms. The molecule has 0 saturated carbocycles. The molecule has 0 spiro atoms. The van der Waals surface area contributed by atoms with Crippen molar-refractivity contribution < 1.29 is 0 Å². The van der Waals surface area contributed by atoms with Crippen molar-refractivity contribution in [2.75, 3.05) is 14.7 Å². The highest BCUT2D eigenvalue weighted by Gasteiger charge is 2.49. The van der Waals surface area contributed by atoms with E-state index in [0.29, 0.717) is 0 Å². The molecule has 3 nitrogen and oxygen atoms in total. The van der Waals surface area contributed by atoms with Gasteiger partial charge in [-0.15, -0.1) is 11.3 Å². The zero-order valence-corrected chi connectivity index (χ0v) is 52.7. The van der Waals surface area contributed by atoms with Crippen LogP contribution in [0.1, 0.15) is 165 Å². The molecule has 5 heteroatoms. The lowest BCUT2D eigenvalue weighted by atomic mass is 9.33. The summed E-state index contributed by atoms with van der Waals surface area (Å²) in [6.45, 7) is 38.2. The van der Waals surface area contributed by atoms with E-state index in [1.165, 1.54) is 133 Å². The molecule has 0 amide bonds. The van der Waals surface area contributed by atoms with Crippen LogP contribution in [-0.2, 0) is 32.5 Å². The van der Waals surface area contributed by atoms with Gasteiger partial charge in [-0.3, -0.25) is 0 Å². The molecule has 0 N–H and O–H groups in total.